The first-order chi connectivity index (χ1) is 9.40. The molecule has 1 saturated carbocycles. The minimum atomic E-state index is -0.837. The van der Waals surface area contributed by atoms with Crippen LogP contribution in [0.2, 0.25) is 10.0 Å². The molecule has 1 aliphatic carbocycles. The minimum Gasteiger partial charge on any atom is -0.481 e. The molecule has 0 saturated heterocycles. The molecule has 0 amide bonds. The predicted molar refractivity (Wildman–Crippen MR) is 76.8 cm³/mol. The Hall–Kier alpha value is -0.840. The largest absolute Gasteiger partial charge is 0.481 e. The minimum absolute atomic E-state index is 0.00513. The fraction of sp³-hybridized carbons (Fsp3) is 0.500. The van der Waals surface area contributed by atoms with Crippen molar-refractivity contribution in [2.75, 3.05) is 6.54 Å². The van der Waals surface area contributed by atoms with Crippen LogP contribution < -0.4 is 0 Å². The first kappa shape index (κ1) is 15.5. The van der Waals surface area contributed by atoms with Gasteiger partial charge in [0.05, 0.1) is 11.4 Å². The summed E-state index contributed by atoms with van der Waals surface area (Å²) in [4.78, 5) is 12.8. The average molecular weight is 320 g/mol. The number of nitrogens with zero attached hydrogens (tertiary/aromatic N) is 1. The Balaban J connectivity index is 2.20. The van der Waals surface area contributed by atoms with E-state index in [0.717, 1.165) is 12.8 Å². The number of aliphatic carboxylic acids is 1. The summed E-state index contributed by atoms with van der Waals surface area (Å²) in [5.41, 5.74) is 0.644. The van der Waals surface area contributed by atoms with Gasteiger partial charge in [0.15, 0.2) is 0 Å². The van der Waals surface area contributed by atoms with Crippen molar-refractivity contribution in [3.8, 4) is 0 Å². The van der Waals surface area contributed by atoms with Gasteiger partial charge >= 0.3 is 5.97 Å². The molecule has 1 unspecified atom stereocenters. The van der Waals surface area contributed by atoms with E-state index in [1.54, 1.807) is 0 Å². The lowest BCUT2D eigenvalue weighted by molar-refractivity contribution is -0.137. The second kappa shape index (κ2) is 6.29. The van der Waals surface area contributed by atoms with Gasteiger partial charge in [-0.25, -0.2) is 4.39 Å². The SMILES string of the molecule is CC(c1cc(F)c(Cl)cc1Cl)N(CCC(=O)O)C1CC1. The van der Waals surface area contributed by atoms with Gasteiger partial charge in [-0.1, -0.05) is 23.2 Å². The van der Waals surface area contributed by atoms with E-state index in [1.807, 2.05) is 6.92 Å². The first-order valence-corrected chi connectivity index (χ1v) is 7.27. The molecule has 0 aromatic heterocycles. The Labute approximate surface area is 127 Å². The van der Waals surface area contributed by atoms with Crippen LogP contribution in [-0.4, -0.2) is 28.6 Å². The molecule has 0 heterocycles. The maximum absolute atomic E-state index is 13.6. The van der Waals surface area contributed by atoms with E-state index in [0.29, 0.717) is 23.2 Å². The van der Waals surface area contributed by atoms with E-state index in [-0.39, 0.29) is 17.5 Å². The molecule has 1 aliphatic rings. The molecule has 0 spiro atoms. The second-order valence-electron chi connectivity index (χ2n) is 5.08. The van der Waals surface area contributed by atoms with Crippen LogP contribution in [0.4, 0.5) is 4.39 Å². The van der Waals surface area contributed by atoms with Gasteiger partial charge in [0.2, 0.25) is 0 Å². The van der Waals surface area contributed by atoms with Gasteiger partial charge in [0, 0.05) is 23.7 Å². The van der Waals surface area contributed by atoms with Crippen LogP contribution >= 0.6 is 23.2 Å². The van der Waals surface area contributed by atoms with Crippen molar-refractivity contribution in [1.82, 2.24) is 4.90 Å². The van der Waals surface area contributed by atoms with Crippen molar-refractivity contribution in [1.29, 1.82) is 0 Å². The Kier molecular flexibility index (Phi) is 4.89. The third-order valence-corrected chi connectivity index (χ3v) is 4.20. The fourth-order valence-corrected chi connectivity index (χ4v) is 2.90. The highest BCUT2D eigenvalue weighted by molar-refractivity contribution is 6.35. The van der Waals surface area contributed by atoms with Crippen molar-refractivity contribution in [2.45, 2.75) is 38.3 Å². The summed E-state index contributed by atoms with van der Waals surface area (Å²) in [5.74, 6) is -1.34. The maximum Gasteiger partial charge on any atom is 0.304 e. The third-order valence-electron chi connectivity index (χ3n) is 3.59. The number of hydrogen-bond acceptors (Lipinski definition) is 2. The zero-order valence-corrected chi connectivity index (χ0v) is 12.6. The quantitative estimate of drug-likeness (QED) is 0.801. The summed E-state index contributed by atoms with van der Waals surface area (Å²) in [5, 5.41) is 9.22. The van der Waals surface area contributed by atoms with Crippen LogP contribution in [0.3, 0.4) is 0 Å². The third kappa shape index (κ3) is 3.62. The van der Waals surface area contributed by atoms with Crippen molar-refractivity contribution in [3.05, 3.63) is 33.6 Å². The molecular formula is C14H16Cl2FNO2. The summed E-state index contributed by atoms with van der Waals surface area (Å²) in [6.45, 7) is 2.34. The highest BCUT2D eigenvalue weighted by Gasteiger charge is 2.33. The number of rotatable bonds is 6. The number of benzene rings is 1. The van der Waals surface area contributed by atoms with Crippen LogP contribution in [-0.2, 0) is 4.79 Å². The lowest BCUT2D eigenvalue weighted by atomic mass is 10.1. The zero-order chi connectivity index (χ0) is 14.9. The molecule has 1 aromatic carbocycles. The lowest BCUT2D eigenvalue weighted by Crippen LogP contribution is -2.31. The van der Waals surface area contributed by atoms with Gasteiger partial charge in [-0.2, -0.15) is 0 Å². The van der Waals surface area contributed by atoms with E-state index in [1.165, 1.54) is 12.1 Å². The number of hydrogen-bond donors (Lipinski definition) is 1. The summed E-state index contributed by atoms with van der Waals surface area (Å²) < 4.78 is 13.6. The number of carboxylic acids is 1. The van der Waals surface area contributed by atoms with E-state index >= 15 is 0 Å². The number of halogens is 3. The molecule has 20 heavy (non-hydrogen) atoms. The monoisotopic (exact) mass is 319 g/mol. The Morgan fingerprint density at radius 3 is 2.65 bits per heavy atom. The highest BCUT2D eigenvalue weighted by atomic mass is 35.5. The van der Waals surface area contributed by atoms with E-state index in [4.69, 9.17) is 28.3 Å². The van der Waals surface area contributed by atoms with Gasteiger partial charge < -0.3 is 5.11 Å². The standard InChI is InChI=1S/C14H16Cl2FNO2/c1-8(10-6-13(17)12(16)7-11(10)15)18(9-2-3-9)5-4-14(19)20/h6-9H,2-5H2,1H3,(H,19,20). The van der Waals surface area contributed by atoms with Crippen molar-refractivity contribution < 1.29 is 14.3 Å². The predicted octanol–water partition coefficient (Wildman–Crippen LogP) is 4.13. The van der Waals surface area contributed by atoms with Crippen molar-refractivity contribution >= 4 is 29.2 Å². The van der Waals surface area contributed by atoms with Gasteiger partial charge in [0.1, 0.15) is 5.82 Å². The van der Waals surface area contributed by atoms with Crippen molar-refractivity contribution in [3.63, 3.8) is 0 Å². The molecule has 1 N–H and O–H groups in total. The van der Waals surface area contributed by atoms with E-state index in [2.05, 4.69) is 4.90 Å². The first-order valence-electron chi connectivity index (χ1n) is 6.52. The maximum atomic E-state index is 13.6. The van der Waals surface area contributed by atoms with Crippen molar-refractivity contribution in [2.24, 2.45) is 0 Å². The fourth-order valence-electron chi connectivity index (χ4n) is 2.36. The Morgan fingerprint density at radius 2 is 2.10 bits per heavy atom. The molecule has 110 valence electrons. The molecule has 0 aliphatic heterocycles. The number of carbonyl (C=O) groups is 1. The average Bonchev–Trinajstić information content (AvgIpc) is 3.18. The second-order valence-corrected chi connectivity index (χ2v) is 5.89. The summed E-state index contributed by atoms with van der Waals surface area (Å²) in [6.07, 6.45) is 2.14. The molecule has 6 heteroatoms. The molecule has 1 atom stereocenters. The smallest absolute Gasteiger partial charge is 0.304 e. The molecular weight excluding hydrogens is 304 g/mol. The van der Waals surface area contributed by atoms with Crippen LogP contribution in [0.1, 0.15) is 37.8 Å². The van der Waals surface area contributed by atoms with E-state index < -0.39 is 11.8 Å². The topological polar surface area (TPSA) is 40.5 Å². The van der Waals surface area contributed by atoms with Crippen LogP contribution in [0.25, 0.3) is 0 Å². The molecule has 2 rings (SSSR count). The molecule has 1 aromatic rings. The molecule has 1 fully saturated rings. The highest BCUT2D eigenvalue weighted by Crippen LogP contribution is 2.37. The Bertz CT molecular complexity index is 520. The summed E-state index contributed by atoms with van der Waals surface area (Å²) in [6, 6.07) is 2.96. The van der Waals surface area contributed by atoms with Gasteiger partial charge in [-0.3, -0.25) is 9.69 Å². The lowest BCUT2D eigenvalue weighted by Gasteiger charge is -2.29. The van der Waals surface area contributed by atoms with Crippen LogP contribution in [0, 0.1) is 5.82 Å². The zero-order valence-electron chi connectivity index (χ0n) is 11.1. The number of carboxylic acid groups (broad SMARTS) is 1. The summed E-state index contributed by atoms with van der Waals surface area (Å²) in [7, 11) is 0. The van der Waals surface area contributed by atoms with E-state index in [9.17, 15) is 9.18 Å². The molecule has 0 radical (unpaired) electrons. The van der Waals surface area contributed by atoms with Crippen LogP contribution in [0.5, 0.6) is 0 Å². The Morgan fingerprint density at radius 1 is 1.45 bits per heavy atom. The normalized spacial score (nSPS) is 16.4. The summed E-state index contributed by atoms with van der Waals surface area (Å²) >= 11 is 11.8. The molecule has 0 bridgehead atoms. The molecule has 3 nitrogen and oxygen atoms in total. The van der Waals surface area contributed by atoms with Gasteiger partial charge in [-0.15, -0.1) is 0 Å². The van der Waals surface area contributed by atoms with Crippen LogP contribution in [0.15, 0.2) is 12.1 Å². The van der Waals surface area contributed by atoms with Gasteiger partial charge in [-0.05, 0) is 37.5 Å². The van der Waals surface area contributed by atoms with Gasteiger partial charge in [0.25, 0.3) is 0 Å².